The van der Waals surface area contributed by atoms with Crippen LogP contribution < -0.4 is 4.74 Å². The largest absolute Gasteiger partial charge is 0.497 e. The molecule has 2 aromatic carbocycles. The van der Waals surface area contributed by atoms with E-state index in [0.717, 1.165) is 16.2 Å². The highest BCUT2D eigenvalue weighted by atomic mass is 32.2. The van der Waals surface area contributed by atoms with Crippen LogP contribution in [0, 0.1) is 0 Å². The number of rotatable bonds is 4. The van der Waals surface area contributed by atoms with Crippen LogP contribution >= 0.6 is 11.8 Å². The van der Waals surface area contributed by atoms with Crippen molar-refractivity contribution < 1.29 is 29.2 Å². The highest BCUT2D eigenvalue weighted by Crippen LogP contribution is 2.38. The Labute approximate surface area is 162 Å². The Morgan fingerprint density at radius 2 is 1.70 bits per heavy atom. The SMILES string of the molecule is COc1ccc(C2OC[C@H]3O[C@@H](Sc4ccccc4)[C@H](O)[C@@H](O)[C@H]3O2)cc1. The normalized spacial score (nSPS) is 33.3. The zero-order valence-electron chi connectivity index (χ0n) is 14.8. The van der Waals surface area contributed by atoms with Gasteiger partial charge in [0, 0.05) is 10.5 Å². The van der Waals surface area contributed by atoms with Crippen LogP contribution in [0.1, 0.15) is 11.9 Å². The second-order valence-corrected chi connectivity index (χ2v) is 7.67. The zero-order chi connectivity index (χ0) is 18.8. The molecule has 7 heteroatoms. The molecule has 2 aromatic rings. The quantitative estimate of drug-likeness (QED) is 0.830. The number of ether oxygens (including phenoxy) is 4. The Morgan fingerprint density at radius 1 is 0.963 bits per heavy atom. The fourth-order valence-electron chi connectivity index (χ4n) is 3.24. The molecule has 0 bridgehead atoms. The molecule has 2 heterocycles. The molecule has 2 fully saturated rings. The number of hydrogen-bond donors (Lipinski definition) is 2. The van der Waals surface area contributed by atoms with Crippen molar-refractivity contribution in [2.24, 2.45) is 0 Å². The van der Waals surface area contributed by atoms with Crippen molar-refractivity contribution in [2.75, 3.05) is 13.7 Å². The van der Waals surface area contributed by atoms with Gasteiger partial charge in [-0.25, -0.2) is 0 Å². The Bertz CT molecular complexity index is 738. The summed E-state index contributed by atoms with van der Waals surface area (Å²) in [5.74, 6) is 0.740. The third-order valence-electron chi connectivity index (χ3n) is 4.72. The third kappa shape index (κ3) is 3.99. The van der Waals surface area contributed by atoms with Crippen LogP contribution in [-0.2, 0) is 14.2 Å². The van der Waals surface area contributed by atoms with Crippen molar-refractivity contribution in [1.29, 1.82) is 0 Å². The van der Waals surface area contributed by atoms with E-state index in [1.54, 1.807) is 7.11 Å². The zero-order valence-corrected chi connectivity index (χ0v) is 15.6. The topological polar surface area (TPSA) is 77.4 Å². The highest BCUT2D eigenvalue weighted by Gasteiger charge is 2.49. The van der Waals surface area contributed by atoms with Gasteiger partial charge < -0.3 is 29.2 Å². The first-order chi connectivity index (χ1) is 13.2. The number of aliphatic hydroxyl groups excluding tert-OH is 2. The van der Waals surface area contributed by atoms with E-state index in [1.807, 2.05) is 54.6 Å². The Morgan fingerprint density at radius 3 is 2.41 bits per heavy atom. The summed E-state index contributed by atoms with van der Waals surface area (Å²) in [6, 6.07) is 17.0. The Balaban J connectivity index is 1.44. The number of benzene rings is 2. The minimum Gasteiger partial charge on any atom is -0.497 e. The molecule has 2 N–H and O–H groups in total. The lowest BCUT2D eigenvalue weighted by Crippen LogP contribution is -2.60. The fraction of sp³-hybridized carbons (Fsp3) is 0.400. The first-order valence-electron chi connectivity index (χ1n) is 8.80. The van der Waals surface area contributed by atoms with Gasteiger partial charge in [-0.1, -0.05) is 42.1 Å². The van der Waals surface area contributed by atoms with Gasteiger partial charge in [-0.3, -0.25) is 0 Å². The average Bonchev–Trinajstić information content (AvgIpc) is 2.72. The van der Waals surface area contributed by atoms with Crippen LogP contribution in [0.4, 0.5) is 0 Å². The van der Waals surface area contributed by atoms with E-state index in [1.165, 1.54) is 11.8 Å². The van der Waals surface area contributed by atoms with Gasteiger partial charge in [-0.05, 0) is 24.3 Å². The van der Waals surface area contributed by atoms with Gasteiger partial charge in [-0.2, -0.15) is 0 Å². The van der Waals surface area contributed by atoms with E-state index in [9.17, 15) is 10.2 Å². The summed E-state index contributed by atoms with van der Waals surface area (Å²) in [6.45, 7) is 0.275. The second-order valence-electron chi connectivity index (χ2n) is 6.49. The number of thioether (sulfide) groups is 1. The maximum absolute atomic E-state index is 10.6. The van der Waals surface area contributed by atoms with E-state index in [4.69, 9.17) is 18.9 Å². The summed E-state index contributed by atoms with van der Waals surface area (Å²) in [5, 5.41) is 21.2. The third-order valence-corrected chi connectivity index (χ3v) is 5.88. The molecule has 144 valence electrons. The first-order valence-corrected chi connectivity index (χ1v) is 9.68. The number of aliphatic hydroxyl groups is 2. The molecule has 0 saturated carbocycles. The molecule has 4 rings (SSSR count). The summed E-state index contributed by atoms with van der Waals surface area (Å²) in [4.78, 5) is 0.959. The molecule has 1 unspecified atom stereocenters. The summed E-state index contributed by atoms with van der Waals surface area (Å²) in [5.41, 5.74) is 0.227. The molecule has 0 spiro atoms. The monoisotopic (exact) mass is 390 g/mol. The van der Waals surface area contributed by atoms with Crippen LogP contribution in [0.5, 0.6) is 5.75 Å². The van der Waals surface area contributed by atoms with Crippen molar-refractivity contribution in [3.63, 3.8) is 0 Å². The van der Waals surface area contributed by atoms with Crippen LogP contribution in [0.3, 0.4) is 0 Å². The molecule has 27 heavy (non-hydrogen) atoms. The molecule has 6 nitrogen and oxygen atoms in total. The van der Waals surface area contributed by atoms with Crippen molar-refractivity contribution >= 4 is 11.8 Å². The standard InChI is InChI=1S/C20H22O6S/c1-23-13-9-7-12(8-10-13)19-24-11-15-18(26-19)16(21)17(22)20(25-15)27-14-5-3-2-4-6-14/h2-10,15-22H,11H2,1H3/t15-,16-,17-,18+,19?,20+/m1/s1. The van der Waals surface area contributed by atoms with Gasteiger partial charge in [-0.15, -0.1) is 0 Å². The van der Waals surface area contributed by atoms with Crippen molar-refractivity contribution in [3.05, 3.63) is 60.2 Å². The maximum Gasteiger partial charge on any atom is 0.184 e. The lowest BCUT2D eigenvalue weighted by atomic mass is 9.99. The number of fused-ring (bicyclic) bond motifs is 1. The van der Waals surface area contributed by atoms with Gasteiger partial charge in [0.2, 0.25) is 0 Å². The smallest absolute Gasteiger partial charge is 0.184 e. The summed E-state index contributed by atoms with van der Waals surface area (Å²) in [7, 11) is 1.61. The Kier molecular flexibility index (Phi) is 5.68. The first kappa shape index (κ1) is 18.7. The van der Waals surface area contributed by atoms with Gasteiger partial charge in [0.05, 0.1) is 13.7 Å². The summed E-state index contributed by atoms with van der Waals surface area (Å²) in [6.07, 6.45) is -3.85. The second kappa shape index (κ2) is 8.18. The van der Waals surface area contributed by atoms with E-state index < -0.39 is 36.1 Å². The molecule has 2 aliphatic heterocycles. The minimum atomic E-state index is -1.06. The summed E-state index contributed by atoms with van der Waals surface area (Å²) >= 11 is 1.38. The molecule has 0 amide bonds. The van der Waals surface area contributed by atoms with E-state index in [2.05, 4.69) is 0 Å². The molecule has 6 atom stereocenters. The molecule has 0 radical (unpaired) electrons. The predicted molar refractivity (Wildman–Crippen MR) is 99.5 cm³/mol. The van der Waals surface area contributed by atoms with Gasteiger partial charge in [0.15, 0.2) is 6.29 Å². The molecule has 0 aromatic heterocycles. The van der Waals surface area contributed by atoms with Crippen molar-refractivity contribution in [1.82, 2.24) is 0 Å². The van der Waals surface area contributed by atoms with Crippen LogP contribution in [0.2, 0.25) is 0 Å². The van der Waals surface area contributed by atoms with Gasteiger partial charge in [0.1, 0.15) is 35.6 Å². The number of hydrogen-bond acceptors (Lipinski definition) is 7. The lowest BCUT2D eigenvalue weighted by Gasteiger charge is -2.46. The summed E-state index contributed by atoms with van der Waals surface area (Å²) < 4.78 is 22.9. The minimum absolute atomic E-state index is 0.275. The van der Waals surface area contributed by atoms with Crippen LogP contribution in [-0.4, -0.2) is 53.8 Å². The fourth-order valence-corrected chi connectivity index (χ4v) is 4.32. The van der Waals surface area contributed by atoms with E-state index >= 15 is 0 Å². The Hall–Kier alpha value is -1.61. The van der Waals surface area contributed by atoms with Crippen LogP contribution in [0.15, 0.2) is 59.5 Å². The van der Waals surface area contributed by atoms with E-state index in [0.29, 0.717) is 0 Å². The van der Waals surface area contributed by atoms with Crippen LogP contribution in [0.25, 0.3) is 0 Å². The molecule has 0 aliphatic carbocycles. The van der Waals surface area contributed by atoms with Gasteiger partial charge in [0.25, 0.3) is 0 Å². The maximum atomic E-state index is 10.6. The highest BCUT2D eigenvalue weighted by molar-refractivity contribution is 7.99. The van der Waals surface area contributed by atoms with E-state index in [-0.39, 0.29) is 6.61 Å². The lowest BCUT2D eigenvalue weighted by molar-refractivity contribution is -0.318. The molecular weight excluding hydrogens is 368 g/mol. The molecule has 2 aliphatic rings. The van der Waals surface area contributed by atoms with Gasteiger partial charge >= 0.3 is 0 Å². The van der Waals surface area contributed by atoms with Crippen molar-refractivity contribution in [3.8, 4) is 5.75 Å². The number of methoxy groups -OCH3 is 1. The van der Waals surface area contributed by atoms with Crippen molar-refractivity contribution in [2.45, 2.75) is 41.0 Å². The molecule has 2 saturated heterocycles. The average molecular weight is 390 g/mol. The molecular formula is C20H22O6S. The predicted octanol–water partition coefficient (Wildman–Crippen LogP) is 2.35.